The molecule has 0 saturated heterocycles. The third kappa shape index (κ3) is 7.50. The number of amides is 1. The van der Waals surface area contributed by atoms with E-state index in [4.69, 9.17) is 0 Å². The summed E-state index contributed by atoms with van der Waals surface area (Å²) in [6, 6.07) is -0.147. The molecular weight excluding hydrogens is 997 g/mol. The first-order valence-electron chi connectivity index (χ1n) is 14.6. The highest BCUT2D eigenvalue weighted by Crippen LogP contribution is 2.69. The second-order valence-corrected chi connectivity index (χ2v) is 11.9. The minimum Gasteiger partial charge on any atom is -0.445 e. The Hall–Kier alpha value is -5.11. The maximum atomic E-state index is 15.6. The van der Waals surface area contributed by atoms with Crippen LogP contribution in [0.3, 0.4) is 0 Å². The van der Waals surface area contributed by atoms with Gasteiger partial charge in [-0.15, -0.1) is 0 Å². The number of isocyanates is 2. The molecule has 0 unspecified atom stereocenters. The van der Waals surface area contributed by atoms with Crippen LogP contribution >= 0.6 is 0 Å². The van der Waals surface area contributed by atoms with Gasteiger partial charge in [0.25, 0.3) is 5.91 Å². The van der Waals surface area contributed by atoms with E-state index < -0.39 is 130 Å². The highest BCUT2D eigenvalue weighted by molar-refractivity contribution is 6.02. The summed E-state index contributed by atoms with van der Waals surface area (Å²) in [5, 5.41) is 1.11. The molecular formula is C27H10F29N3O5. The van der Waals surface area contributed by atoms with Gasteiger partial charge in [-0.3, -0.25) is 9.59 Å². The van der Waals surface area contributed by atoms with Crippen LogP contribution in [-0.4, -0.2) is 108 Å². The van der Waals surface area contributed by atoms with Crippen molar-refractivity contribution in [3.05, 3.63) is 22.8 Å². The number of nitrogens with one attached hydrogen (secondary N) is 1. The molecule has 1 aromatic carbocycles. The highest BCUT2D eigenvalue weighted by atomic mass is 19.4. The van der Waals surface area contributed by atoms with Crippen LogP contribution in [0.5, 0.6) is 0 Å². The number of ether oxygens (including phenoxy) is 1. The summed E-state index contributed by atoms with van der Waals surface area (Å²) in [6.45, 7) is -1.35. The van der Waals surface area contributed by atoms with Crippen LogP contribution in [0.4, 0.5) is 139 Å². The van der Waals surface area contributed by atoms with E-state index in [2.05, 4.69) is 14.7 Å². The zero-order valence-corrected chi connectivity index (χ0v) is 29.2. The molecule has 0 aliphatic rings. The molecule has 1 N–H and O–H groups in total. The van der Waals surface area contributed by atoms with Gasteiger partial charge in [0.05, 0.1) is 16.9 Å². The van der Waals surface area contributed by atoms with Crippen molar-refractivity contribution in [1.29, 1.82) is 0 Å². The van der Waals surface area contributed by atoms with E-state index in [1.807, 2.05) is 0 Å². The fourth-order valence-electron chi connectivity index (χ4n) is 4.47. The van der Waals surface area contributed by atoms with Crippen LogP contribution in [0.2, 0.25) is 0 Å². The van der Waals surface area contributed by atoms with Crippen LogP contribution in [0.15, 0.2) is 16.1 Å². The summed E-state index contributed by atoms with van der Waals surface area (Å²) < 4.78 is 412. The van der Waals surface area contributed by atoms with Crippen molar-refractivity contribution < 1.29 is 151 Å². The van der Waals surface area contributed by atoms with E-state index in [0.717, 1.165) is 5.32 Å². The lowest BCUT2D eigenvalue weighted by atomic mass is 9.82. The molecule has 366 valence electrons. The van der Waals surface area contributed by atoms with Crippen molar-refractivity contribution >= 4 is 35.4 Å². The first-order chi connectivity index (χ1) is 27.9. The second-order valence-electron chi connectivity index (χ2n) is 11.9. The van der Waals surface area contributed by atoms with Gasteiger partial charge in [-0.05, 0) is 18.6 Å². The average molecular weight is 1010 g/mol. The molecule has 0 bridgehead atoms. The minimum absolute atomic E-state index is 0.147. The summed E-state index contributed by atoms with van der Waals surface area (Å²) in [6.07, 6.45) is -7.68. The summed E-state index contributed by atoms with van der Waals surface area (Å²) >= 11 is 0. The molecule has 0 aromatic heterocycles. The molecule has 1 rings (SSSR count). The third-order valence-electron chi connectivity index (χ3n) is 8.01. The summed E-state index contributed by atoms with van der Waals surface area (Å²) in [5.41, 5.74) is -12.0. The number of rotatable bonds is 18. The van der Waals surface area contributed by atoms with Crippen LogP contribution < -0.4 is 5.32 Å². The van der Waals surface area contributed by atoms with Gasteiger partial charge in [0.2, 0.25) is 12.2 Å². The molecule has 37 heteroatoms. The van der Waals surface area contributed by atoms with E-state index in [0.29, 0.717) is 19.1 Å². The molecule has 0 radical (unpaired) electrons. The first-order valence-corrected chi connectivity index (χ1v) is 14.6. The van der Waals surface area contributed by atoms with Gasteiger partial charge in [0.1, 0.15) is 0 Å². The Balaban J connectivity index is 4.32. The van der Waals surface area contributed by atoms with Crippen LogP contribution in [-0.2, 0) is 25.0 Å². The Morgan fingerprint density at radius 2 is 0.781 bits per heavy atom. The summed E-state index contributed by atoms with van der Waals surface area (Å²) in [4.78, 5) is 50.0. The van der Waals surface area contributed by atoms with Gasteiger partial charge in [0, 0.05) is 12.5 Å². The zero-order chi connectivity index (χ0) is 51.7. The van der Waals surface area contributed by atoms with Gasteiger partial charge >= 0.3 is 89.1 Å². The predicted octanol–water partition coefficient (Wildman–Crippen LogP) is 10.5. The number of hydrogen-bond acceptors (Lipinski definition) is 7. The Kier molecular flexibility index (Phi) is 14.3. The van der Waals surface area contributed by atoms with E-state index in [9.17, 15) is 129 Å². The number of hydrogen-bond donors (Lipinski definition) is 1. The Morgan fingerprint density at radius 3 is 1.06 bits per heavy atom. The van der Waals surface area contributed by atoms with Crippen molar-refractivity contribution in [3.8, 4) is 0 Å². The maximum Gasteiger partial charge on any atom is 0.460 e. The predicted molar refractivity (Wildman–Crippen MR) is 140 cm³/mol. The topological polar surface area (TPSA) is 114 Å². The average Bonchev–Trinajstić information content (AvgIpc) is 3.10. The molecule has 1 amide bonds. The van der Waals surface area contributed by atoms with Gasteiger partial charge in [-0.2, -0.15) is 137 Å². The Morgan fingerprint density at radius 1 is 0.500 bits per heavy atom. The molecule has 64 heavy (non-hydrogen) atoms. The Bertz CT molecular complexity index is 2080. The normalized spacial score (nSPS) is 15.0. The summed E-state index contributed by atoms with van der Waals surface area (Å²) in [7, 11) is 0. The lowest BCUT2D eigenvalue weighted by Gasteiger charge is -2.46. The van der Waals surface area contributed by atoms with Gasteiger partial charge in [0.15, 0.2) is 6.73 Å². The lowest BCUT2D eigenvalue weighted by molar-refractivity contribution is -0.487. The number of benzene rings is 1. The van der Waals surface area contributed by atoms with Crippen molar-refractivity contribution in [1.82, 2.24) is 5.32 Å². The van der Waals surface area contributed by atoms with Gasteiger partial charge < -0.3 is 10.1 Å². The van der Waals surface area contributed by atoms with Crippen molar-refractivity contribution in [2.24, 2.45) is 9.98 Å². The molecule has 0 saturated carbocycles. The minimum atomic E-state index is -10.1. The number of esters is 1. The standard InChI is InChI=1S/C27H10F29N3O5/c1-7-9(57-4-60)3-10(58-5-61)11(13(63)59-6-64-8(2)62)12(7)14(28,29)15(30,31)16(32,33)17(34,35)18(36,37)19(38,39)20(40,41)21(42,43)22(44,45)23(46,47)24(48,49)25(50,51)26(52,53)27(54,55)56/h3H,6H2,1-2H3,(H,59,63). The summed E-state index contributed by atoms with van der Waals surface area (Å²) in [5.74, 6) is -128. The number of carbonyl (C=O) groups is 2. The Labute approximate surface area is 329 Å². The molecule has 0 fully saturated rings. The fraction of sp³-hybridized carbons (Fsp3) is 0.630. The second kappa shape index (κ2) is 16.1. The molecule has 0 spiro atoms. The van der Waals surface area contributed by atoms with Crippen molar-refractivity contribution in [2.45, 2.75) is 97.0 Å². The monoisotopic (exact) mass is 1010 g/mol. The van der Waals surface area contributed by atoms with Gasteiger partial charge in [-0.25, -0.2) is 9.59 Å². The van der Waals surface area contributed by atoms with Gasteiger partial charge in [-0.1, -0.05) is 0 Å². The van der Waals surface area contributed by atoms with Crippen molar-refractivity contribution in [3.63, 3.8) is 0 Å². The third-order valence-corrected chi connectivity index (χ3v) is 8.01. The van der Waals surface area contributed by atoms with E-state index in [1.165, 1.54) is 0 Å². The first kappa shape index (κ1) is 56.9. The number of aliphatic imine (C=N–C) groups is 2. The van der Waals surface area contributed by atoms with E-state index >= 15 is 17.6 Å². The number of carbonyl (C=O) groups excluding carboxylic acids is 4. The number of halogens is 29. The zero-order valence-electron chi connectivity index (χ0n) is 29.2. The molecule has 8 nitrogen and oxygen atoms in total. The quantitative estimate of drug-likeness (QED) is 0.0517. The lowest BCUT2D eigenvalue weighted by Crippen LogP contribution is -2.79. The maximum absolute atomic E-state index is 15.6. The fourth-order valence-corrected chi connectivity index (χ4v) is 4.47. The van der Waals surface area contributed by atoms with E-state index in [-0.39, 0.29) is 13.0 Å². The van der Waals surface area contributed by atoms with Crippen LogP contribution in [0, 0.1) is 6.92 Å². The molecule has 0 atom stereocenters. The van der Waals surface area contributed by atoms with Crippen LogP contribution in [0.25, 0.3) is 0 Å². The molecule has 1 aromatic rings. The van der Waals surface area contributed by atoms with Crippen molar-refractivity contribution in [2.75, 3.05) is 6.73 Å². The van der Waals surface area contributed by atoms with E-state index in [1.54, 1.807) is 0 Å². The molecule has 0 heterocycles. The molecule has 0 aliphatic heterocycles. The van der Waals surface area contributed by atoms with Crippen LogP contribution in [0.1, 0.15) is 28.4 Å². The number of alkyl halides is 29. The SMILES string of the molecule is CC(=O)OCNC(=O)c1c(N=C=O)cc(N=C=O)c(C)c1C(F)(F)C(F)(F)C(F)(F)C(F)(F)C(F)(F)C(F)(F)C(F)(F)C(F)(F)C(F)(F)C(F)(F)C(F)(F)C(F)(F)C(F)(F)C(F)(F)F. The number of nitrogens with zero attached hydrogens (tertiary/aromatic N) is 2. The smallest absolute Gasteiger partial charge is 0.445 e. The largest absolute Gasteiger partial charge is 0.460 e. The highest BCUT2D eigenvalue weighted by Gasteiger charge is 3.01. The molecule has 0 aliphatic carbocycles.